The van der Waals surface area contributed by atoms with Gasteiger partial charge in [0.25, 0.3) is 0 Å². The highest BCUT2D eigenvalue weighted by Crippen LogP contribution is 2.34. The van der Waals surface area contributed by atoms with Crippen LogP contribution in [-0.2, 0) is 16.1 Å². The van der Waals surface area contributed by atoms with Crippen LogP contribution in [0.3, 0.4) is 0 Å². The van der Waals surface area contributed by atoms with Crippen molar-refractivity contribution >= 4 is 17.5 Å². The van der Waals surface area contributed by atoms with E-state index < -0.39 is 11.7 Å². The molecule has 10 heteroatoms. The Bertz CT molecular complexity index is 1200. The highest BCUT2D eigenvalue weighted by atomic mass is 19.1. The SMILES string of the molecule is COc1ccc(-c2noc(CN3CCN(C(=O)[C@H]4CC(=O)Nc5cc(F)ccc54)CC3)n2)cc1. The Kier molecular flexibility index (Phi) is 5.97. The van der Waals surface area contributed by atoms with Gasteiger partial charge in [-0.05, 0) is 42.0 Å². The molecule has 1 atom stereocenters. The van der Waals surface area contributed by atoms with Crippen molar-refractivity contribution in [1.29, 1.82) is 0 Å². The summed E-state index contributed by atoms with van der Waals surface area (Å²) in [4.78, 5) is 33.7. The Morgan fingerprint density at radius 2 is 1.94 bits per heavy atom. The van der Waals surface area contributed by atoms with Crippen molar-refractivity contribution in [3.8, 4) is 17.1 Å². The second-order valence-electron chi connectivity index (χ2n) is 8.38. The van der Waals surface area contributed by atoms with Crippen LogP contribution in [-0.4, -0.2) is 65.0 Å². The maximum absolute atomic E-state index is 13.6. The number of halogens is 1. The lowest BCUT2D eigenvalue weighted by Crippen LogP contribution is -2.50. The number of aromatic nitrogens is 2. The molecule has 0 aliphatic carbocycles. The van der Waals surface area contributed by atoms with E-state index in [1.165, 1.54) is 12.1 Å². The van der Waals surface area contributed by atoms with Crippen molar-refractivity contribution < 1.29 is 23.2 Å². The molecule has 176 valence electrons. The van der Waals surface area contributed by atoms with Crippen LogP contribution in [0.2, 0.25) is 0 Å². The zero-order valence-corrected chi connectivity index (χ0v) is 18.7. The van der Waals surface area contributed by atoms with Gasteiger partial charge >= 0.3 is 0 Å². The predicted octanol–water partition coefficient (Wildman–Crippen LogP) is 2.65. The Hall–Kier alpha value is -3.79. The lowest BCUT2D eigenvalue weighted by molar-refractivity contribution is -0.136. The number of fused-ring (bicyclic) bond motifs is 1. The second-order valence-corrected chi connectivity index (χ2v) is 8.38. The number of hydrogen-bond donors (Lipinski definition) is 1. The number of carbonyl (C=O) groups is 2. The smallest absolute Gasteiger partial charge is 0.241 e. The average Bonchev–Trinajstić information content (AvgIpc) is 3.32. The lowest BCUT2D eigenvalue weighted by Gasteiger charge is -2.37. The van der Waals surface area contributed by atoms with Gasteiger partial charge in [-0.15, -0.1) is 0 Å². The van der Waals surface area contributed by atoms with Crippen LogP contribution in [0.15, 0.2) is 47.0 Å². The van der Waals surface area contributed by atoms with Gasteiger partial charge in [0, 0.05) is 43.9 Å². The number of methoxy groups -OCH3 is 1. The predicted molar refractivity (Wildman–Crippen MR) is 121 cm³/mol. The highest BCUT2D eigenvalue weighted by Gasteiger charge is 2.35. The molecule has 2 aliphatic heterocycles. The molecule has 1 aromatic heterocycles. The fourth-order valence-electron chi connectivity index (χ4n) is 4.37. The maximum Gasteiger partial charge on any atom is 0.241 e. The van der Waals surface area contributed by atoms with E-state index in [2.05, 4.69) is 20.4 Å². The summed E-state index contributed by atoms with van der Waals surface area (Å²) in [5.41, 5.74) is 1.87. The number of nitrogens with zero attached hydrogens (tertiary/aromatic N) is 4. The quantitative estimate of drug-likeness (QED) is 0.618. The van der Waals surface area contributed by atoms with Crippen LogP contribution in [0, 0.1) is 5.82 Å². The Morgan fingerprint density at radius 3 is 2.68 bits per heavy atom. The number of carbonyl (C=O) groups excluding carboxylic acids is 2. The standard InChI is InChI=1S/C24H24FN5O4/c1-33-17-5-2-15(3-6-17)23-27-22(34-28-23)14-29-8-10-30(11-9-29)24(32)19-13-21(31)26-20-12-16(25)4-7-18(19)20/h2-7,12,19H,8-11,13-14H2,1H3,(H,26,31)/t19-/m0/s1. The lowest BCUT2D eigenvalue weighted by atomic mass is 9.89. The molecule has 34 heavy (non-hydrogen) atoms. The van der Waals surface area contributed by atoms with Gasteiger partial charge in [0.15, 0.2) is 0 Å². The monoisotopic (exact) mass is 465 g/mol. The van der Waals surface area contributed by atoms with E-state index in [1.54, 1.807) is 18.1 Å². The molecule has 1 N–H and O–H groups in total. The molecule has 0 bridgehead atoms. The number of piperazine rings is 1. The largest absolute Gasteiger partial charge is 0.497 e. The van der Waals surface area contributed by atoms with Gasteiger partial charge in [0.1, 0.15) is 11.6 Å². The third kappa shape index (κ3) is 4.49. The van der Waals surface area contributed by atoms with Gasteiger partial charge in [-0.1, -0.05) is 11.2 Å². The first-order valence-corrected chi connectivity index (χ1v) is 11.1. The summed E-state index contributed by atoms with van der Waals surface area (Å²) in [5.74, 6) is 0.337. The van der Waals surface area contributed by atoms with Crippen molar-refractivity contribution in [1.82, 2.24) is 19.9 Å². The van der Waals surface area contributed by atoms with Gasteiger partial charge in [-0.2, -0.15) is 4.98 Å². The van der Waals surface area contributed by atoms with Crippen LogP contribution in [0.25, 0.3) is 11.4 Å². The molecule has 1 fully saturated rings. The molecule has 0 saturated carbocycles. The molecule has 3 heterocycles. The van der Waals surface area contributed by atoms with E-state index in [0.29, 0.717) is 55.7 Å². The minimum atomic E-state index is -0.598. The van der Waals surface area contributed by atoms with Gasteiger partial charge in [0.05, 0.1) is 19.6 Å². The molecule has 0 unspecified atom stereocenters. The van der Waals surface area contributed by atoms with E-state index in [1.807, 2.05) is 24.3 Å². The van der Waals surface area contributed by atoms with Crippen molar-refractivity contribution in [2.75, 3.05) is 38.6 Å². The molecule has 2 aromatic carbocycles. The highest BCUT2D eigenvalue weighted by molar-refractivity contribution is 6.01. The zero-order chi connectivity index (χ0) is 23.7. The third-order valence-corrected chi connectivity index (χ3v) is 6.21. The van der Waals surface area contributed by atoms with Gasteiger partial charge in [-0.3, -0.25) is 14.5 Å². The molecule has 2 amide bonds. The van der Waals surface area contributed by atoms with Crippen molar-refractivity contribution in [3.05, 3.63) is 59.7 Å². The second kappa shape index (κ2) is 9.22. The summed E-state index contributed by atoms with van der Waals surface area (Å²) in [6.45, 7) is 2.81. The van der Waals surface area contributed by atoms with Crippen molar-refractivity contribution in [2.45, 2.75) is 18.9 Å². The van der Waals surface area contributed by atoms with E-state index in [-0.39, 0.29) is 18.2 Å². The fraction of sp³-hybridized carbons (Fsp3) is 0.333. The summed E-state index contributed by atoms with van der Waals surface area (Å²) in [5, 5.41) is 6.72. The fourth-order valence-corrected chi connectivity index (χ4v) is 4.37. The van der Waals surface area contributed by atoms with E-state index in [4.69, 9.17) is 9.26 Å². The van der Waals surface area contributed by atoms with E-state index in [0.717, 1.165) is 11.3 Å². The number of amides is 2. The first-order chi connectivity index (χ1) is 16.5. The minimum Gasteiger partial charge on any atom is -0.497 e. The molecule has 0 radical (unpaired) electrons. The van der Waals surface area contributed by atoms with Crippen molar-refractivity contribution in [3.63, 3.8) is 0 Å². The molecule has 2 aliphatic rings. The number of hydrogen-bond acceptors (Lipinski definition) is 7. The van der Waals surface area contributed by atoms with Crippen LogP contribution >= 0.6 is 0 Å². The molecule has 1 saturated heterocycles. The molecule has 9 nitrogen and oxygen atoms in total. The average molecular weight is 465 g/mol. The number of nitrogens with one attached hydrogen (secondary N) is 1. The topological polar surface area (TPSA) is 101 Å². The number of ether oxygens (including phenoxy) is 1. The Balaban J connectivity index is 1.19. The summed E-state index contributed by atoms with van der Waals surface area (Å²) in [6.07, 6.45) is 0.0633. The van der Waals surface area contributed by atoms with Gasteiger partial charge in [0.2, 0.25) is 23.5 Å². The molecule has 5 rings (SSSR count). The van der Waals surface area contributed by atoms with E-state index in [9.17, 15) is 14.0 Å². The summed E-state index contributed by atoms with van der Waals surface area (Å²) >= 11 is 0. The van der Waals surface area contributed by atoms with Gasteiger partial charge < -0.3 is 19.5 Å². The zero-order valence-electron chi connectivity index (χ0n) is 18.7. The van der Waals surface area contributed by atoms with Gasteiger partial charge in [-0.25, -0.2) is 4.39 Å². The molecular weight excluding hydrogens is 441 g/mol. The van der Waals surface area contributed by atoms with E-state index >= 15 is 0 Å². The first-order valence-electron chi connectivity index (χ1n) is 11.1. The number of rotatable bonds is 5. The molecule has 0 spiro atoms. The minimum absolute atomic E-state index is 0.0633. The number of benzene rings is 2. The van der Waals surface area contributed by atoms with Crippen molar-refractivity contribution in [2.24, 2.45) is 0 Å². The Labute approximate surface area is 195 Å². The van der Waals surface area contributed by atoms with Crippen LogP contribution in [0.5, 0.6) is 5.75 Å². The molecule has 3 aromatic rings. The summed E-state index contributed by atoms with van der Waals surface area (Å²) in [7, 11) is 1.61. The Morgan fingerprint density at radius 1 is 1.18 bits per heavy atom. The van der Waals surface area contributed by atoms with Crippen LogP contribution < -0.4 is 10.1 Å². The normalized spacial score (nSPS) is 18.4. The summed E-state index contributed by atoms with van der Waals surface area (Å²) < 4.78 is 24.2. The first kappa shape index (κ1) is 22.0. The maximum atomic E-state index is 13.6. The molecular formula is C24H24FN5O4. The van der Waals surface area contributed by atoms with Crippen LogP contribution in [0.4, 0.5) is 10.1 Å². The third-order valence-electron chi connectivity index (χ3n) is 6.21. The number of anilines is 1. The van der Waals surface area contributed by atoms with Crippen LogP contribution in [0.1, 0.15) is 23.8 Å². The summed E-state index contributed by atoms with van der Waals surface area (Å²) in [6, 6.07) is 11.6.